The third-order valence-corrected chi connectivity index (χ3v) is 4.54. The van der Waals surface area contributed by atoms with Crippen molar-refractivity contribution in [3.8, 4) is 11.6 Å². The van der Waals surface area contributed by atoms with E-state index in [-0.39, 0.29) is 39.1 Å². The van der Waals surface area contributed by atoms with Gasteiger partial charge in [-0.25, -0.2) is 9.67 Å². The second kappa shape index (κ2) is 8.49. The van der Waals surface area contributed by atoms with Gasteiger partial charge in [-0.05, 0) is 36.8 Å². The van der Waals surface area contributed by atoms with Crippen LogP contribution in [0.1, 0.15) is 26.4 Å². The number of hydrogen-bond acceptors (Lipinski definition) is 7. The largest absolute Gasteiger partial charge is 0.755 e. The average Bonchev–Trinajstić information content (AvgIpc) is 3.05. The molecule has 0 aliphatic rings. The Morgan fingerprint density at radius 1 is 1.30 bits per heavy atom. The van der Waals surface area contributed by atoms with Crippen molar-refractivity contribution in [2.75, 3.05) is 5.32 Å². The van der Waals surface area contributed by atoms with Crippen LogP contribution in [0, 0.1) is 6.92 Å². The molecular weight excluding hydrogens is 438 g/mol. The lowest BCUT2D eigenvalue weighted by Gasteiger charge is -2.16. The Hall–Kier alpha value is -3.48. The van der Waals surface area contributed by atoms with E-state index in [0.29, 0.717) is 0 Å². The number of rotatable bonds is 5. The first kappa shape index (κ1) is 21.2. The highest BCUT2D eigenvalue weighted by Crippen LogP contribution is 2.27. The Morgan fingerprint density at radius 3 is 2.70 bits per heavy atom. The number of benzene rings is 1. The first-order chi connectivity index (χ1) is 14.2. The van der Waals surface area contributed by atoms with Gasteiger partial charge in [-0.2, -0.15) is 0 Å². The topological polar surface area (TPSA) is 169 Å². The smallest absolute Gasteiger partial charge is 0.274 e. The van der Waals surface area contributed by atoms with Gasteiger partial charge in [-0.1, -0.05) is 11.6 Å². The molecule has 0 saturated carbocycles. The zero-order valence-corrected chi connectivity index (χ0v) is 16.7. The van der Waals surface area contributed by atoms with Crippen LogP contribution in [0.2, 0.25) is 5.02 Å². The van der Waals surface area contributed by atoms with Crippen LogP contribution in [0.15, 0.2) is 41.3 Å². The number of hydrogen-bond donors (Lipinski definition) is 4. The molecule has 1 atom stereocenters. The Morgan fingerprint density at radius 2 is 2.03 bits per heavy atom. The molecule has 3 aromatic rings. The fourth-order valence-electron chi connectivity index (χ4n) is 2.69. The molecule has 0 aliphatic heterocycles. The highest BCUT2D eigenvalue weighted by Gasteiger charge is 2.22. The summed E-state index contributed by atoms with van der Waals surface area (Å²) >= 11 is 3.18. The van der Waals surface area contributed by atoms with Gasteiger partial charge in [0.1, 0.15) is 11.4 Å². The van der Waals surface area contributed by atoms with Crippen LogP contribution >= 0.6 is 11.6 Å². The van der Waals surface area contributed by atoms with Crippen LogP contribution in [-0.4, -0.2) is 40.4 Å². The minimum Gasteiger partial charge on any atom is -0.755 e. The van der Waals surface area contributed by atoms with Crippen molar-refractivity contribution in [1.82, 2.24) is 19.5 Å². The molecule has 0 radical (unpaired) electrons. The number of phenols is 1. The van der Waals surface area contributed by atoms with E-state index in [1.165, 1.54) is 25.3 Å². The number of nitrogens with zero attached hydrogens (tertiary/aromatic N) is 2. The number of aromatic nitrogens is 3. The lowest BCUT2D eigenvalue weighted by molar-refractivity contribution is 0.0981. The van der Waals surface area contributed by atoms with Gasteiger partial charge >= 0.3 is 0 Å². The molecule has 2 heterocycles. The predicted molar refractivity (Wildman–Crippen MR) is 106 cm³/mol. The van der Waals surface area contributed by atoms with Gasteiger partial charge in [0.15, 0.2) is 5.82 Å². The quantitative estimate of drug-likeness (QED) is 0.332. The number of phenolic OH excluding ortho intramolecular Hbond substituents is 1. The predicted octanol–water partition coefficient (Wildman–Crippen LogP) is 1.00. The number of anilines is 1. The summed E-state index contributed by atoms with van der Waals surface area (Å²) in [5, 5.41) is 14.8. The molecule has 0 bridgehead atoms. The van der Waals surface area contributed by atoms with Crippen LogP contribution in [0.3, 0.4) is 0 Å². The molecular formula is C17H13ClN5O6S-. The second-order valence-corrected chi connectivity index (χ2v) is 7.04. The molecule has 2 aromatic heterocycles. The van der Waals surface area contributed by atoms with E-state index in [0.717, 1.165) is 16.8 Å². The van der Waals surface area contributed by atoms with E-state index in [1.54, 1.807) is 10.8 Å². The van der Waals surface area contributed by atoms with Crippen molar-refractivity contribution in [2.24, 2.45) is 0 Å². The summed E-state index contributed by atoms with van der Waals surface area (Å²) in [7, 11) is 0. The van der Waals surface area contributed by atoms with E-state index < -0.39 is 28.6 Å². The van der Waals surface area contributed by atoms with Crippen LogP contribution in [0.25, 0.3) is 5.82 Å². The SMILES string of the molecule is Cc1cc(O)cc(C(=O)NS(=O)[O-])c1NC(=O)c1cc(=O)[nH]n1-c1ncccc1Cl. The molecule has 0 spiro atoms. The molecule has 30 heavy (non-hydrogen) atoms. The van der Waals surface area contributed by atoms with Crippen LogP contribution < -0.4 is 15.6 Å². The number of aryl methyl sites for hydroxylation is 1. The number of H-pyrrole nitrogens is 1. The maximum absolute atomic E-state index is 12.9. The Kier molecular flexibility index (Phi) is 6.01. The second-order valence-electron chi connectivity index (χ2n) is 5.96. The lowest BCUT2D eigenvalue weighted by atomic mass is 10.1. The van der Waals surface area contributed by atoms with E-state index in [4.69, 9.17) is 11.6 Å². The summed E-state index contributed by atoms with van der Waals surface area (Å²) < 4.78 is 24.3. The molecule has 11 nitrogen and oxygen atoms in total. The van der Waals surface area contributed by atoms with Crippen LogP contribution in [0.4, 0.5) is 5.69 Å². The molecule has 4 N–H and O–H groups in total. The summed E-state index contributed by atoms with van der Waals surface area (Å²) in [5.74, 6) is -2.11. The number of aromatic hydroxyl groups is 1. The Balaban J connectivity index is 2.04. The van der Waals surface area contributed by atoms with Gasteiger partial charge < -0.3 is 15.0 Å². The third kappa shape index (κ3) is 4.40. The number of aromatic amines is 1. The van der Waals surface area contributed by atoms with Crippen LogP contribution in [0.5, 0.6) is 5.75 Å². The van der Waals surface area contributed by atoms with Gasteiger partial charge in [0, 0.05) is 23.5 Å². The molecule has 0 saturated heterocycles. The number of halogens is 1. The Bertz CT molecular complexity index is 1240. The molecule has 13 heteroatoms. The summed E-state index contributed by atoms with van der Waals surface area (Å²) in [6.45, 7) is 1.49. The fourth-order valence-corrected chi connectivity index (χ4v) is 3.16. The number of amides is 2. The van der Waals surface area contributed by atoms with Gasteiger partial charge in [-0.15, -0.1) is 0 Å². The highest BCUT2D eigenvalue weighted by atomic mass is 35.5. The number of carbonyl (C=O) groups is 2. The molecule has 1 aromatic carbocycles. The first-order valence-corrected chi connectivity index (χ1v) is 9.61. The van der Waals surface area contributed by atoms with Gasteiger partial charge in [-0.3, -0.25) is 28.4 Å². The average molecular weight is 451 g/mol. The zero-order chi connectivity index (χ0) is 22.0. The lowest BCUT2D eigenvalue weighted by Crippen LogP contribution is -2.27. The molecule has 156 valence electrons. The van der Waals surface area contributed by atoms with Crippen molar-refractivity contribution in [1.29, 1.82) is 0 Å². The number of pyridine rings is 1. The van der Waals surface area contributed by atoms with Crippen molar-refractivity contribution >= 4 is 40.4 Å². The first-order valence-electron chi connectivity index (χ1n) is 8.15. The van der Waals surface area contributed by atoms with Crippen LogP contribution in [-0.2, 0) is 11.3 Å². The monoisotopic (exact) mass is 450 g/mol. The molecule has 1 unspecified atom stereocenters. The zero-order valence-electron chi connectivity index (χ0n) is 15.1. The molecule has 0 fully saturated rings. The maximum atomic E-state index is 12.9. The minimum absolute atomic E-state index is 0.0620. The summed E-state index contributed by atoms with van der Waals surface area (Å²) in [5.41, 5.74) is -0.875. The normalized spacial score (nSPS) is 11.7. The van der Waals surface area contributed by atoms with E-state index in [2.05, 4.69) is 15.4 Å². The highest BCUT2D eigenvalue weighted by molar-refractivity contribution is 7.77. The number of nitrogens with one attached hydrogen (secondary N) is 3. The van der Waals surface area contributed by atoms with Crippen molar-refractivity contribution in [2.45, 2.75) is 6.92 Å². The van der Waals surface area contributed by atoms with Gasteiger partial charge in [0.2, 0.25) is 0 Å². The molecule has 2 amide bonds. The summed E-state index contributed by atoms with van der Waals surface area (Å²) in [4.78, 5) is 41.0. The van der Waals surface area contributed by atoms with E-state index in [1.807, 2.05) is 0 Å². The molecule has 0 aliphatic carbocycles. The van der Waals surface area contributed by atoms with Gasteiger partial charge in [0.05, 0.1) is 16.3 Å². The number of carbonyl (C=O) groups excluding carboxylic acids is 2. The van der Waals surface area contributed by atoms with Crippen molar-refractivity contribution in [3.63, 3.8) is 0 Å². The third-order valence-electron chi connectivity index (χ3n) is 3.89. The fraction of sp³-hybridized carbons (Fsp3) is 0.0588. The standard InChI is InChI=1S/C17H14ClN5O6S/c1-8-5-9(24)6-10(16(26)22-30(28)29)14(8)20-17(27)12-7-13(25)21-23(12)15-11(18)3-2-4-19-15/h2-7,24H,1H3,(H,20,27)(H,21,25)(H,22,26)(H,28,29)/p-1. The van der Waals surface area contributed by atoms with Gasteiger partial charge in [0.25, 0.3) is 17.4 Å². The van der Waals surface area contributed by atoms with E-state index in [9.17, 15) is 28.3 Å². The maximum Gasteiger partial charge on any atom is 0.274 e. The summed E-state index contributed by atoms with van der Waals surface area (Å²) in [6, 6.07) is 6.34. The molecule has 3 rings (SSSR count). The minimum atomic E-state index is -2.91. The summed E-state index contributed by atoms with van der Waals surface area (Å²) in [6.07, 6.45) is 1.41. The van der Waals surface area contributed by atoms with Crippen molar-refractivity contribution < 1.29 is 23.5 Å². The Labute approximate surface area is 176 Å². The van der Waals surface area contributed by atoms with Crippen molar-refractivity contribution in [3.05, 3.63) is 68.7 Å². The van der Waals surface area contributed by atoms with E-state index >= 15 is 0 Å².